The third kappa shape index (κ3) is 5.37. The average Bonchev–Trinajstić information content (AvgIpc) is 2.66. The van der Waals surface area contributed by atoms with Crippen molar-refractivity contribution in [3.63, 3.8) is 0 Å². The molecule has 1 aliphatic rings. The minimum atomic E-state index is -0.447. The summed E-state index contributed by atoms with van der Waals surface area (Å²) in [6, 6.07) is 15.1. The summed E-state index contributed by atoms with van der Waals surface area (Å²) in [5.74, 6) is 0.591. The summed E-state index contributed by atoms with van der Waals surface area (Å²) < 4.78 is 0. The lowest BCUT2D eigenvalue weighted by Gasteiger charge is -2.29. The topological polar surface area (TPSA) is 76.7 Å². The molecule has 2 aromatic rings. The van der Waals surface area contributed by atoms with Crippen molar-refractivity contribution in [2.75, 3.05) is 25.0 Å². The SMILES string of the molecule is Cc1ccc([N+](=O)[O-])cc1NC(=O)C[NH+]1CCC(Cc2ccccc2)CC1. The number of rotatable bonds is 6. The number of nitro groups is 1. The van der Waals surface area contributed by atoms with E-state index in [1.54, 1.807) is 6.07 Å². The van der Waals surface area contributed by atoms with E-state index in [0.29, 0.717) is 18.2 Å². The Morgan fingerprint density at radius 3 is 2.56 bits per heavy atom. The summed E-state index contributed by atoms with van der Waals surface area (Å²) in [5, 5.41) is 13.8. The number of carbonyl (C=O) groups is 1. The number of non-ortho nitro benzene ring substituents is 1. The summed E-state index contributed by atoms with van der Waals surface area (Å²) >= 11 is 0. The number of nitro benzene ring substituents is 1. The van der Waals surface area contributed by atoms with E-state index in [4.69, 9.17) is 0 Å². The van der Waals surface area contributed by atoms with Gasteiger partial charge in [0.15, 0.2) is 6.54 Å². The Bertz CT molecular complexity index is 800. The van der Waals surface area contributed by atoms with Gasteiger partial charge in [0.1, 0.15) is 0 Å². The van der Waals surface area contributed by atoms with Crippen molar-refractivity contribution < 1.29 is 14.6 Å². The fourth-order valence-corrected chi connectivity index (χ4v) is 3.69. The highest BCUT2D eigenvalue weighted by Gasteiger charge is 2.24. The lowest BCUT2D eigenvalue weighted by Crippen LogP contribution is -3.14. The molecule has 142 valence electrons. The van der Waals surface area contributed by atoms with Crippen LogP contribution in [0, 0.1) is 23.0 Å². The molecule has 1 aliphatic heterocycles. The molecule has 0 radical (unpaired) electrons. The molecule has 6 nitrogen and oxygen atoms in total. The standard InChI is InChI=1S/C21H25N3O3/c1-16-7-8-19(24(26)27)14-20(16)22-21(25)15-23-11-9-18(10-12-23)13-17-5-3-2-4-6-17/h2-8,14,18H,9-13,15H2,1H3,(H,22,25)/p+1. The summed E-state index contributed by atoms with van der Waals surface area (Å²) in [6.07, 6.45) is 3.34. The van der Waals surface area contributed by atoms with Gasteiger partial charge in [-0.05, 0) is 43.2 Å². The van der Waals surface area contributed by atoms with E-state index in [1.165, 1.54) is 22.6 Å². The number of likely N-dealkylation sites (tertiary alicyclic amines) is 1. The van der Waals surface area contributed by atoms with Crippen LogP contribution < -0.4 is 10.2 Å². The number of hydrogen-bond donors (Lipinski definition) is 2. The molecule has 0 saturated carbocycles. The van der Waals surface area contributed by atoms with Crippen LogP contribution in [0.15, 0.2) is 48.5 Å². The zero-order valence-electron chi connectivity index (χ0n) is 15.6. The van der Waals surface area contributed by atoms with Crippen LogP contribution in [0.5, 0.6) is 0 Å². The molecule has 0 aliphatic carbocycles. The third-order valence-corrected chi connectivity index (χ3v) is 5.30. The average molecular weight is 368 g/mol. The van der Waals surface area contributed by atoms with Crippen molar-refractivity contribution in [1.29, 1.82) is 0 Å². The van der Waals surface area contributed by atoms with Gasteiger partial charge in [0.05, 0.1) is 23.7 Å². The highest BCUT2D eigenvalue weighted by atomic mass is 16.6. The van der Waals surface area contributed by atoms with Crippen LogP contribution in [0.4, 0.5) is 11.4 Å². The molecule has 0 unspecified atom stereocenters. The zero-order chi connectivity index (χ0) is 19.2. The van der Waals surface area contributed by atoms with Crippen LogP contribution in [0.3, 0.4) is 0 Å². The Kier molecular flexibility index (Phi) is 6.19. The number of carbonyl (C=O) groups excluding carboxylic acids is 1. The Morgan fingerprint density at radius 2 is 1.89 bits per heavy atom. The first-order valence-corrected chi connectivity index (χ1v) is 9.43. The van der Waals surface area contributed by atoms with Crippen molar-refractivity contribution in [3.8, 4) is 0 Å². The first-order valence-electron chi connectivity index (χ1n) is 9.43. The zero-order valence-corrected chi connectivity index (χ0v) is 15.6. The van der Waals surface area contributed by atoms with Crippen molar-refractivity contribution in [1.82, 2.24) is 0 Å². The molecule has 3 rings (SSSR count). The van der Waals surface area contributed by atoms with Gasteiger partial charge in [0.2, 0.25) is 0 Å². The number of amides is 1. The van der Waals surface area contributed by atoms with Crippen molar-refractivity contribution in [2.24, 2.45) is 5.92 Å². The molecule has 0 atom stereocenters. The summed E-state index contributed by atoms with van der Waals surface area (Å²) in [6.45, 7) is 4.21. The van der Waals surface area contributed by atoms with Crippen molar-refractivity contribution in [3.05, 3.63) is 69.8 Å². The number of aryl methyl sites for hydroxylation is 1. The minimum absolute atomic E-state index is 0.00928. The predicted molar refractivity (Wildman–Crippen MR) is 105 cm³/mol. The number of anilines is 1. The highest BCUT2D eigenvalue weighted by molar-refractivity contribution is 5.92. The van der Waals surface area contributed by atoms with E-state index in [2.05, 4.69) is 29.6 Å². The maximum atomic E-state index is 12.4. The number of quaternary nitrogens is 1. The van der Waals surface area contributed by atoms with Gasteiger partial charge in [-0.1, -0.05) is 36.4 Å². The largest absolute Gasteiger partial charge is 0.327 e. The van der Waals surface area contributed by atoms with Gasteiger partial charge < -0.3 is 10.2 Å². The second-order valence-electron chi connectivity index (χ2n) is 7.36. The van der Waals surface area contributed by atoms with Gasteiger partial charge in [-0.15, -0.1) is 0 Å². The summed E-state index contributed by atoms with van der Waals surface area (Å²) in [7, 11) is 0. The third-order valence-electron chi connectivity index (χ3n) is 5.30. The maximum Gasteiger partial charge on any atom is 0.279 e. The number of nitrogens with one attached hydrogen (secondary N) is 2. The second kappa shape index (κ2) is 8.77. The normalized spacial score (nSPS) is 19.4. The van der Waals surface area contributed by atoms with E-state index in [9.17, 15) is 14.9 Å². The number of hydrogen-bond acceptors (Lipinski definition) is 3. The van der Waals surface area contributed by atoms with Gasteiger partial charge >= 0.3 is 0 Å². The Morgan fingerprint density at radius 1 is 1.19 bits per heavy atom. The second-order valence-corrected chi connectivity index (χ2v) is 7.36. The van der Waals surface area contributed by atoms with Gasteiger partial charge in [-0.2, -0.15) is 0 Å². The molecule has 2 N–H and O–H groups in total. The molecule has 0 bridgehead atoms. The molecule has 6 heteroatoms. The molecule has 27 heavy (non-hydrogen) atoms. The van der Waals surface area contributed by atoms with Gasteiger partial charge in [-0.25, -0.2) is 0 Å². The molecular formula is C21H26N3O3+. The van der Waals surface area contributed by atoms with Crippen molar-refractivity contribution >= 4 is 17.3 Å². The molecule has 2 aromatic carbocycles. The minimum Gasteiger partial charge on any atom is -0.327 e. The molecule has 0 aromatic heterocycles. The van der Waals surface area contributed by atoms with E-state index in [1.807, 2.05) is 13.0 Å². The van der Waals surface area contributed by atoms with Gasteiger partial charge in [-0.3, -0.25) is 14.9 Å². The van der Waals surface area contributed by atoms with E-state index >= 15 is 0 Å². The van der Waals surface area contributed by atoms with E-state index < -0.39 is 4.92 Å². The quantitative estimate of drug-likeness (QED) is 0.607. The van der Waals surface area contributed by atoms with Gasteiger partial charge in [0, 0.05) is 12.1 Å². The van der Waals surface area contributed by atoms with E-state index in [0.717, 1.165) is 37.9 Å². The van der Waals surface area contributed by atoms with Crippen LogP contribution in [0.25, 0.3) is 0 Å². The fourth-order valence-electron chi connectivity index (χ4n) is 3.69. The van der Waals surface area contributed by atoms with Gasteiger partial charge in [0.25, 0.3) is 11.6 Å². The Balaban J connectivity index is 1.48. The highest BCUT2D eigenvalue weighted by Crippen LogP contribution is 2.21. The van der Waals surface area contributed by atoms with Crippen LogP contribution in [0.2, 0.25) is 0 Å². The maximum absolute atomic E-state index is 12.4. The van der Waals surface area contributed by atoms with Crippen LogP contribution in [-0.4, -0.2) is 30.5 Å². The molecule has 1 saturated heterocycles. The molecule has 1 fully saturated rings. The Hall–Kier alpha value is -2.73. The molecular weight excluding hydrogens is 342 g/mol. The predicted octanol–water partition coefficient (Wildman–Crippen LogP) is 2.38. The van der Waals surface area contributed by atoms with E-state index in [-0.39, 0.29) is 11.6 Å². The first kappa shape index (κ1) is 19.0. The Labute approximate surface area is 159 Å². The first-order chi connectivity index (χ1) is 13.0. The number of piperidine rings is 1. The lowest BCUT2D eigenvalue weighted by molar-refractivity contribution is -0.898. The van der Waals surface area contributed by atoms with Crippen LogP contribution in [-0.2, 0) is 11.2 Å². The summed E-state index contributed by atoms with van der Waals surface area (Å²) in [4.78, 5) is 24.1. The lowest BCUT2D eigenvalue weighted by atomic mass is 9.90. The molecule has 0 spiro atoms. The summed E-state index contributed by atoms with van der Waals surface area (Å²) in [5.41, 5.74) is 2.72. The fraction of sp³-hybridized carbons (Fsp3) is 0.381. The molecule has 1 amide bonds. The van der Waals surface area contributed by atoms with Crippen LogP contribution in [0.1, 0.15) is 24.0 Å². The van der Waals surface area contributed by atoms with Crippen LogP contribution >= 0.6 is 0 Å². The van der Waals surface area contributed by atoms with Crippen molar-refractivity contribution in [2.45, 2.75) is 26.2 Å². The molecule has 1 heterocycles. The monoisotopic (exact) mass is 368 g/mol. The number of benzene rings is 2. The smallest absolute Gasteiger partial charge is 0.279 e. The number of nitrogens with zero attached hydrogens (tertiary/aromatic N) is 1.